The first-order valence-electron chi connectivity index (χ1n) is 11.8. The number of carbonyl (C=O) groups is 5. The van der Waals surface area contributed by atoms with Crippen LogP contribution in [0.1, 0.15) is 67.3 Å². The third kappa shape index (κ3) is 5.48. The molecule has 4 rings (SSSR count). The van der Waals surface area contributed by atoms with Crippen molar-refractivity contribution < 1.29 is 28.7 Å². The normalized spacial score (nSPS) is 12.5. The van der Waals surface area contributed by atoms with E-state index >= 15 is 0 Å². The molecular formula is C29H26N2O6. The largest absolute Gasteiger partial charge is 0.454 e. The van der Waals surface area contributed by atoms with E-state index in [-0.39, 0.29) is 28.5 Å². The zero-order valence-corrected chi connectivity index (χ0v) is 20.7. The number of fused-ring (bicyclic) bond motifs is 1. The molecular weight excluding hydrogens is 472 g/mol. The van der Waals surface area contributed by atoms with Crippen molar-refractivity contribution in [2.75, 3.05) is 16.8 Å². The van der Waals surface area contributed by atoms with Crippen molar-refractivity contribution in [1.29, 1.82) is 0 Å². The topological polar surface area (TPSA) is 110 Å². The first-order valence-corrected chi connectivity index (χ1v) is 11.8. The number of para-hydroxylation sites is 1. The van der Waals surface area contributed by atoms with Gasteiger partial charge >= 0.3 is 5.97 Å². The van der Waals surface area contributed by atoms with Gasteiger partial charge in [0.1, 0.15) is 0 Å². The zero-order valence-electron chi connectivity index (χ0n) is 20.7. The molecule has 188 valence electrons. The van der Waals surface area contributed by atoms with E-state index in [9.17, 15) is 24.0 Å². The number of nitrogens with zero attached hydrogens (tertiary/aromatic N) is 1. The van der Waals surface area contributed by atoms with Gasteiger partial charge in [0.05, 0.1) is 22.4 Å². The molecule has 1 heterocycles. The van der Waals surface area contributed by atoms with Crippen LogP contribution in [0.2, 0.25) is 0 Å². The number of ether oxygens (including phenoxy) is 1. The van der Waals surface area contributed by atoms with Crippen LogP contribution in [-0.4, -0.2) is 36.1 Å². The summed E-state index contributed by atoms with van der Waals surface area (Å²) >= 11 is 0. The number of anilines is 2. The summed E-state index contributed by atoms with van der Waals surface area (Å²) < 4.78 is 5.17. The Bertz CT molecular complexity index is 1410. The number of esters is 1. The van der Waals surface area contributed by atoms with Crippen molar-refractivity contribution in [1.82, 2.24) is 0 Å². The van der Waals surface area contributed by atoms with Crippen molar-refractivity contribution in [3.63, 3.8) is 0 Å². The van der Waals surface area contributed by atoms with Gasteiger partial charge in [-0.05, 0) is 66.9 Å². The third-order valence-electron chi connectivity index (χ3n) is 5.90. The highest BCUT2D eigenvalue weighted by molar-refractivity contribution is 6.35. The number of Topliss-reactive ketones (excluding diaryl/α,β-unsaturated/α-hetero) is 1. The number of hydrogen-bond acceptors (Lipinski definition) is 6. The number of ketones is 1. The third-order valence-corrected chi connectivity index (χ3v) is 5.90. The standard InChI is InChI=1S/C29H26N2O6/c1-17(2)14-26(33)30-21-11-8-19(9-12-21)25(32)16-37-29(36)20-10-13-22-23(15-20)28(35)31(27(22)34)24-7-5-4-6-18(24)3/h4-13,15,17H,14,16H2,1-3H3,(H,30,33). The molecule has 3 aromatic carbocycles. The maximum absolute atomic E-state index is 13.0. The van der Waals surface area contributed by atoms with Crippen LogP contribution >= 0.6 is 0 Å². The minimum Gasteiger partial charge on any atom is -0.454 e. The maximum atomic E-state index is 13.0. The van der Waals surface area contributed by atoms with Crippen LogP contribution in [0.4, 0.5) is 11.4 Å². The zero-order chi connectivity index (χ0) is 26.7. The summed E-state index contributed by atoms with van der Waals surface area (Å²) in [5.74, 6) is -2.09. The Kier molecular flexibility index (Phi) is 7.29. The van der Waals surface area contributed by atoms with Gasteiger partial charge < -0.3 is 10.1 Å². The fourth-order valence-corrected chi connectivity index (χ4v) is 4.02. The van der Waals surface area contributed by atoms with Gasteiger partial charge in [0.2, 0.25) is 5.91 Å². The Morgan fingerprint density at radius 1 is 0.865 bits per heavy atom. The fourth-order valence-electron chi connectivity index (χ4n) is 4.02. The van der Waals surface area contributed by atoms with Gasteiger partial charge in [0.15, 0.2) is 12.4 Å². The SMILES string of the molecule is Cc1ccccc1N1C(=O)c2ccc(C(=O)OCC(=O)c3ccc(NC(=O)CC(C)C)cc3)cc2C1=O. The van der Waals surface area contributed by atoms with Gasteiger partial charge in [0, 0.05) is 17.7 Å². The first-order chi connectivity index (χ1) is 17.7. The fraction of sp³-hybridized carbons (Fsp3) is 0.207. The molecule has 0 aliphatic carbocycles. The molecule has 8 nitrogen and oxygen atoms in total. The number of hydrogen-bond donors (Lipinski definition) is 1. The summed E-state index contributed by atoms with van der Waals surface area (Å²) in [7, 11) is 0. The molecule has 1 N–H and O–H groups in total. The van der Waals surface area contributed by atoms with Crippen LogP contribution in [0.3, 0.4) is 0 Å². The van der Waals surface area contributed by atoms with Crippen LogP contribution < -0.4 is 10.2 Å². The Morgan fingerprint density at radius 2 is 1.51 bits per heavy atom. The van der Waals surface area contributed by atoms with Crippen LogP contribution in [-0.2, 0) is 9.53 Å². The van der Waals surface area contributed by atoms with E-state index in [0.717, 1.165) is 10.5 Å². The molecule has 0 bridgehead atoms. The maximum Gasteiger partial charge on any atom is 0.338 e. The minimum absolute atomic E-state index is 0.0579. The van der Waals surface area contributed by atoms with Crippen LogP contribution in [0, 0.1) is 12.8 Å². The summed E-state index contributed by atoms with van der Waals surface area (Å²) in [6.07, 6.45) is 0.392. The van der Waals surface area contributed by atoms with E-state index in [1.165, 1.54) is 18.2 Å². The predicted molar refractivity (Wildman–Crippen MR) is 138 cm³/mol. The summed E-state index contributed by atoms with van der Waals surface area (Å²) in [6, 6.07) is 17.5. The van der Waals surface area contributed by atoms with Crippen molar-refractivity contribution in [3.05, 3.63) is 94.5 Å². The number of benzene rings is 3. The first kappa shape index (κ1) is 25.5. The van der Waals surface area contributed by atoms with Crippen molar-refractivity contribution in [2.24, 2.45) is 5.92 Å². The smallest absolute Gasteiger partial charge is 0.338 e. The average molecular weight is 499 g/mol. The molecule has 1 aliphatic heterocycles. The van der Waals surface area contributed by atoms with E-state index < -0.39 is 30.2 Å². The lowest BCUT2D eigenvalue weighted by atomic mass is 10.1. The second-order valence-electron chi connectivity index (χ2n) is 9.22. The number of amides is 3. The summed E-state index contributed by atoms with van der Waals surface area (Å²) in [4.78, 5) is 64.0. The second-order valence-corrected chi connectivity index (χ2v) is 9.22. The molecule has 8 heteroatoms. The van der Waals surface area contributed by atoms with Gasteiger partial charge in [-0.2, -0.15) is 0 Å². The van der Waals surface area contributed by atoms with Crippen molar-refractivity contribution >= 4 is 40.8 Å². The lowest BCUT2D eigenvalue weighted by Gasteiger charge is -2.16. The Morgan fingerprint density at radius 3 is 2.19 bits per heavy atom. The number of nitrogens with one attached hydrogen (secondary N) is 1. The molecule has 0 aromatic heterocycles. The van der Waals surface area contributed by atoms with Gasteiger partial charge in [0.25, 0.3) is 11.8 Å². The quantitative estimate of drug-likeness (QED) is 0.271. The highest BCUT2D eigenvalue weighted by Crippen LogP contribution is 2.31. The molecule has 3 aromatic rings. The number of aryl methyl sites for hydroxylation is 1. The predicted octanol–water partition coefficient (Wildman–Crippen LogP) is 4.82. The number of carbonyl (C=O) groups excluding carboxylic acids is 5. The van der Waals surface area contributed by atoms with E-state index in [2.05, 4.69) is 5.32 Å². The molecule has 1 aliphatic rings. The van der Waals surface area contributed by atoms with E-state index in [1.807, 2.05) is 19.9 Å². The van der Waals surface area contributed by atoms with Gasteiger partial charge in [-0.15, -0.1) is 0 Å². The number of imide groups is 1. The molecule has 0 unspecified atom stereocenters. The lowest BCUT2D eigenvalue weighted by molar-refractivity contribution is -0.116. The highest BCUT2D eigenvalue weighted by atomic mass is 16.5. The van der Waals surface area contributed by atoms with Crippen molar-refractivity contribution in [3.8, 4) is 0 Å². The van der Waals surface area contributed by atoms with Crippen LogP contribution in [0.5, 0.6) is 0 Å². The molecule has 0 atom stereocenters. The van der Waals surface area contributed by atoms with Gasteiger partial charge in [-0.3, -0.25) is 19.2 Å². The Balaban J connectivity index is 1.40. The molecule has 0 spiro atoms. The Hall–Kier alpha value is -4.59. The molecule has 37 heavy (non-hydrogen) atoms. The van der Waals surface area contributed by atoms with E-state index in [0.29, 0.717) is 23.4 Å². The molecule has 3 amide bonds. The second kappa shape index (κ2) is 10.6. The van der Waals surface area contributed by atoms with Crippen molar-refractivity contribution in [2.45, 2.75) is 27.2 Å². The van der Waals surface area contributed by atoms with E-state index in [4.69, 9.17) is 4.74 Å². The minimum atomic E-state index is -0.789. The highest BCUT2D eigenvalue weighted by Gasteiger charge is 2.37. The lowest BCUT2D eigenvalue weighted by Crippen LogP contribution is -2.29. The van der Waals surface area contributed by atoms with Gasteiger partial charge in [-0.1, -0.05) is 32.0 Å². The molecule has 0 saturated heterocycles. The average Bonchev–Trinajstić information content (AvgIpc) is 3.11. The van der Waals surface area contributed by atoms with Crippen LogP contribution in [0.25, 0.3) is 0 Å². The summed E-state index contributed by atoms with van der Waals surface area (Å²) in [6.45, 7) is 5.19. The van der Waals surface area contributed by atoms with Crippen LogP contribution in [0.15, 0.2) is 66.7 Å². The number of rotatable bonds is 8. The molecule has 0 fully saturated rings. The molecule has 0 saturated carbocycles. The monoisotopic (exact) mass is 498 g/mol. The Labute approximate surface area is 214 Å². The van der Waals surface area contributed by atoms with Gasteiger partial charge in [-0.25, -0.2) is 9.69 Å². The van der Waals surface area contributed by atoms with E-state index in [1.54, 1.807) is 49.4 Å². The molecule has 0 radical (unpaired) electrons. The summed E-state index contributed by atoms with van der Waals surface area (Å²) in [5.41, 5.74) is 2.48. The summed E-state index contributed by atoms with van der Waals surface area (Å²) in [5, 5.41) is 2.76.